The summed E-state index contributed by atoms with van der Waals surface area (Å²) in [6.45, 7) is 8.25. The summed E-state index contributed by atoms with van der Waals surface area (Å²) in [5.74, 6) is 0.520. The van der Waals surface area contributed by atoms with Crippen LogP contribution in [0.2, 0.25) is 0 Å². The van der Waals surface area contributed by atoms with Gasteiger partial charge in [-0.1, -0.05) is 35.0 Å². The summed E-state index contributed by atoms with van der Waals surface area (Å²) in [5, 5.41) is 0. The van der Waals surface area contributed by atoms with Crippen LogP contribution in [0.25, 0.3) is 0 Å². The van der Waals surface area contributed by atoms with E-state index >= 15 is 0 Å². The van der Waals surface area contributed by atoms with Gasteiger partial charge >= 0.3 is 5.97 Å². The predicted octanol–water partition coefficient (Wildman–Crippen LogP) is 4.56. The normalized spacial score (nSPS) is 12.9. The minimum absolute atomic E-state index is 0.0212. The summed E-state index contributed by atoms with van der Waals surface area (Å²) in [7, 11) is 0. The molecule has 1 aromatic carbocycles. The van der Waals surface area contributed by atoms with E-state index in [0.717, 1.165) is 27.8 Å². The van der Waals surface area contributed by atoms with Crippen molar-refractivity contribution in [3.05, 3.63) is 39.9 Å². The molecule has 1 unspecified atom stereocenters. The van der Waals surface area contributed by atoms with E-state index in [1.165, 1.54) is 0 Å². The second kappa shape index (κ2) is 8.88. The van der Waals surface area contributed by atoms with Gasteiger partial charge in [-0.05, 0) is 49.4 Å². The third kappa shape index (κ3) is 6.34. The monoisotopic (exact) mass is 354 g/mol. The number of rotatable bonds is 7. The van der Waals surface area contributed by atoms with Crippen molar-refractivity contribution in [1.29, 1.82) is 0 Å². The Kier molecular flexibility index (Phi) is 7.51. The van der Waals surface area contributed by atoms with Crippen LogP contribution in [0, 0.1) is 6.92 Å². The first-order valence-electron chi connectivity index (χ1n) is 7.22. The van der Waals surface area contributed by atoms with Crippen LogP contribution >= 0.6 is 15.9 Å². The largest absolute Gasteiger partial charge is 0.486 e. The van der Waals surface area contributed by atoms with E-state index in [-0.39, 0.29) is 18.5 Å². The van der Waals surface area contributed by atoms with Crippen molar-refractivity contribution in [3.63, 3.8) is 0 Å². The molecule has 0 N–H and O–H groups in total. The van der Waals surface area contributed by atoms with Crippen molar-refractivity contribution >= 4 is 21.9 Å². The SMILES string of the molecule is CCOC(=O)Cc1ccc(C)cc1OC(/C=C(\C)Br)CC. The average molecular weight is 355 g/mol. The Morgan fingerprint density at radius 2 is 2.10 bits per heavy atom. The molecular formula is C17H23BrO3. The number of esters is 1. The highest BCUT2D eigenvalue weighted by molar-refractivity contribution is 9.11. The topological polar surface area (TPSA) is 35.5 Å². The molecule has 116 valence electrons. The molecule has 0 spiro atoms. The van der Waals surface area contributed by atoms with E-state index in [1.807, 2.05) is 38.1 Å². The molecule has 0 fully saturated rings. The van der Waals surface area contributed by atoms with Gasteiger partial charge in [0.25, 0.3) is 0 Å². The second-order valence-electron chi connectivity index (χ2n) is 4.91. The molecule has 0 bridgehead atoms. The fourth-order valence-corrected chi connectivity index (χ4v) is 2.23. The maximum absolute atomic E-state index is 11.7. The molecule has 0 radical (unpaired) electrons. The highest BCUT2D eigenvalue weighted by Gasteiger charge is 2.13. The summed E-state index contributed by atoms with van der Waals surface area (Å²) in [6, 6.07) is 5.88. The van der Waals surface area contributed by atoms with Gasteiger partial charge in [0.1, 0.15) is 11.9 Å². The first-order valence-corrected chi connectivity index (χ1v) is 8.01. The van der Waals surface area contributed by atoms with Gasteiger partial charge in [-0.2, -0.15) is 0 Å². The molecule has 0 aliphatic heterocycles. The van der Waals surface area contributed by atoms with Gasteiger partial charge in [0.2, 0.25) is 0 Å². The van der Waals surface area contributed by atoms with Crippen LogP contribution in [0.1, 0.15) is 38.3 Å². The predicted molar refractivity (Wildman–Crippen MR) is 88.9 cm³/mol. The molecule has 0 aliphatic rings. The number of ether oxygens (including phenoxy) is 2. The third-order valence-electron chi connectivity index (χ3n) is 2.96. The van der Waals surface area contributed by atoms with Crippen LogP contribution in [0.5, 0.6) is 5.75 Å². The van der Waals surface area contributed by atoms with E-state index in [0.29, 0.717) is 6.61 Å². The number of halogens is 1. The molecule has 21 heavy (non-hydrogen) atoms. The summed E-state index contributed by atoms with van der Waals surface area (Å²) in [4.78, 5) is 11.7. The summed E-state index contributed by atoms with van der Waals surface area (Å²) >= 11 is 3.43. The van der Waals surface area contributed by atoms with Gasteiger partial charge in [-0.25, -0.2) is 0 Å². The summed E-state index contributed by atoms with van der Waals surface area (Å²) in [5.41, 5.74) is 1.96. The molecule has 0 amide bonds. The number of aryl methyl sites for hydroxylation is 1. The van der Waals surface area contributed by atoms with Crippen LogP contribution in [0.15, 0.2) is 28.8 Å². The van der Waals surface area contributed by atoms with Crippen LogP contribution in [-0.4, -0.2) is 18.7 Å². The van der Waals surface area contributed by atoms with Crippen molar-refractivity contribution < 1.29 is 14.3 Å². The lowest BCUT2D eigenvalue weighted by atomic mass is 10.1. The van der Waals surface area contributed by atoms with E-state index in [1.54, 1.807) is 6.92 Å². The minimum Gasteiger partial charge on any atom is -0.486 e. The molecule has 0 aromatic heterocycles. The Labute approximate surface area is 135 Å². The van der Waals surface area contributed by atoms with Crippen molar-refractivity contribution in [3.8, 4) is 5.75 Å². The van der Waals surface area contributed by atoms with E-state index in [2.05, 4.69) is 22.9 Å². The van der Waals surface area contributed by atoms with Crippen molar-refractivity contribution in [2.45, 2.75) is 46.6 Å². The van der Waals surface area contributed by atoms with Crippen LogP contribution in [-0.2, 0) is 16.0 Å². The summed E-state index contributed by atoms with van der Waals surface area (Å²) < 4.78 is 12.1. The zero-order chi connectivity index (χ0) is 15.8. The molecule has 0 heterocycles. The van der Waals surface area contributed by atoms with Crippen molar-refractivity contribution in [1.82, 2.24) is 0 Å². The van der Waals surface area contributed by atoms with Gasteiger partial charge in [0.15, 0.2) is 0 Å². The van der Waals surface area contributed by atoms with Crippen molar-refractivity contribution in [2.75, 3.05) is 6.61 Å². The van der Waals surface area contributed by atoms with Gasteiger partial charge in [0.05, 0.1) is 13.0 Å². The second-order valence-corrected chi connectivity index (χ2v) is 6.16. The number of hydrogen-bond acceptors (Lipinski definition) is 3. The quantitative estimate of drug-likeness (QED) is 0.673. The lowest BCUT2D eigenvalue weighted by Crippen LogP contribution is -2.15. The van der Waals surface area contributed by atoms with E-state index in [4.69, 9.17) is 9.47 Å². The standard InChI is InChI=1S/C17H23BrO3/c1-5-15(10-13(4)18)21-16-9-12(3)7-8-14(16)11-17(19)20-6-2/h7-10,15H,5-6,11H2,1-4H3/b13-10+. The smallest absolute Gasteiger partial charge is 0.310 e. The third-order valence-corrected chi connectivity index (χ3v) is 3.22. The van der Waals surface area contributed by atoms with Gasteiger partial charge in [0, 0.05) is 5.56 Å². The van der Waals surface area contributed by atoms with Crippen LogP contribution in [0.4, 0.5) is 0 Å². The maximum Gasteiger partial charge on any atom is 0.310 e. The van der Waals surface area contributed by atoms with E-state index < -0.39 is 0 Å². The zero-order valence-electron chi connectivity index (χ0n) is 13.1. The minimum atomic E-state index is -0.230. The Bertz CT molecular complexity index is 505. The molecule has 3 nitrogen and oxygen atoms in total. The summed E-state index contributed by atoms with van der Waals surface area (Å²) in [6.07, 6.45) is 3.09. The van der Waals surface area contributed by atoms with E-state index in [9.17, 15) is 4.79 Å². The molecule has 0 saturated carbocycles. The Morgan fingerprint density at radius 1 is 1.38 bits per heavy atom. The fourth-order valence-electron chi connectivity index (χ4n) is 1.94. The first-order chi connectivity index (χ1) is 9.96. The maximum atomic E-state index is 11.7. The fraction of sp³-hybridized carbons (Fsp3) is 0.471. The van der Waals surface area contributed by atoms with Gasteiger partial charge in [-0.3, -0.25) is 4.79 Å². The molecule has 0 saturated heterocycles. The van der Waals surface area contributed by atoms with Crippen LogP contribution in [0.3, 0.4) is 0 Å². The number of carbonyl (C=O) groups is 1. The number of benzene rings is 1. The number of allylic oxidation sites excluding steroid dienone is 1. The van der Waals surface area contributed by atoms with Crippen molar-refractivity contribution in [2.24, 2.45) is 0 Å². The van der Waals surface area contributed by atoms with Gasteiger partial charge < -0.3 is 9.47 Å². The van der Waals surface area contributed by atoms with Gasteiger partial charge in [-0.15, -0.1) is 0 Å². The molecule has 1 rings (SSSR count). The average Bonchev–Trinajstić information content (AvgIpc) is 2.40. The van der Waals surface area contributed by atoms with Crippen LogP contribution < -0.4 is 4.74 Å². The molecule has 4 heteroatoms. The number of carbonyl (C=O) groups excluding carboxylic acids is 1. The Hall–Kier alpha value is -1.29. The highest BCUT2D eigenvalue weighted by atomic mass is 79.9. The first kappa shape index (κ1) is 17.8. The lowest BCUT2D eigenvalue weighted by Gasteiger charge is -2.18. The molecule has 1 atom stereocenters. The number of hydrogen-bond donors (Lipinski definition) is 0. The lowest BCUT2D eigenvalue weighted by molar-refractivity contribution is -0.142. The zero-order valence-corrected chi connectivity index (χ0v) is 14.7. The Morgan fingerprint density at radius 3 is 2.67 bits per heavy atom. The molecular weight excluding hydrogens is 332 g/mol. The molecule has 0 aliphatic carbocycles. The Balaban J connectivity index is 2.95. The highest BCUT2D eigenvalue weighted by Crippen LogP contribution is 2.24. The molecule has 1 aromatic rings.